The van der Waals surface area contributed by atoms with E-state index in [4.69, 9.17) is 9.15 Å². The third-order valence-corrected chi connectivity index (χ3v) is 5.95. The average Bonchev–Trinajstić information content (AvgIpc) is 2.93. The molecular weight excluding hydrogens is 339 g/mol. The van der Waals surface area contributed by atoms with E-state index in [0.717, 1.165) is 0 Å². The molecule has 7 nitrogen and oxygen atoms in total. The van der Waals surface area contributed by atoms with Crippen LogP contribution in [-0.2, 0) is 14.6 Å². The number of anilines is 1. The third kappa shape index (κ3) is 3.03. The summed E-state index contributed by atoms with van der Waals surface area (Å²) in [6, 6.07) is -0.0125. The molecule has 2 heterocycles. The maximum absolute atomic E-state index is 13.1. The molecule has 0 N–H and O–H groups in total. The molecule has 0 aromatic carbocycles. The first kappa shape index (κ1) is 16.5. The Bertz CT molecular complexity index is 663. The summed E-state index contributed by atoms with van der Waals surface area (Å²) >= 11 is 0. The van der Waals surface area contributed by atoms with Crippen LogP contribution in [0.5, 0.6) is 0 Å². The smallest absolute Gasteiger partial charge is 0.394 e. The van der Waals surface area contributed by atoms with Crippen LogP contribution in [0.3, 0.4) is 0 Å². The summed E-state index contributed by atoms with van der Waals surface area (Å²) in [5.74, 6) is -1.05. The van der Waals surface area contributed by atoms with Gasteiger partial charge in [0.15, 0.2) is 0 Å². The lowest BCUT2D eigenvalue weighted by atomic mass is 9.70. The van der Waals surface area contributed by atoms with Crippen molar-refractivity contribution in [3.05, 3.63) is 0 Å². The highest BCUT2D eigenvalue weighted by Gasteiger charge is 2.60. The lowest BCUT2D eigenvalue weighted by Gasteiger charge is -2.42. The zero-order chi connectivity index (χ0) is 16.7. The zero-order valence-corrected chi connectivity index (χ0v) is 13.0. The van der Waals surface area contributed by atoms with Gasteiger partial charge in [0.25, 0.3) is 0 Å². The van der Waals surface area contributed by atoms with E-state index < -0.39 is 32.4 Å². The number of morpholine rings is 1. The fourth-order valence-electron chi connectivity index (χ4n) is 2.75. The number of ether oxygens (including phenoxy) is 1. The molecule has 0 spiro atoms. The molecule has 11 heteroatoms. The number of halogens is 3. The fourth-order valence-corrected chi connectivity index (χ4v) is 4.42. The molecule has 2 aliphatic rings. The number of alkyl halides is 3. The number of hydrogen-bond donors (Lipinski definition) is 0. The van der Waals surface area contributed by atoms with Gasteiger partial charge in [-0.1, -0.05) is 16.6 Å². The predicted octanol–water partition coefficient (Wildman–Crippen LogP) is 1.41. The molecule has 1 saturated heterocycles. The van der Waals surface area contributed by atoms with Crippen LogP contribution in [0.4, 0.5) is 19.2 Å². The molecule has 1 aromatic heterocycles. The van der Waals surface area contributed by atoms with Crippen molar-refractivity contribution < 1.29 is 30.7 Å². The first-order chi connectivity index (χ1) is 10.7. The summed E-state index contributed by atoms with van der Waals surface area (Å²) < 4.78 is 74.2. The van der Waals surface area contributed by atoms with Gasteiger partial charge in [-0.05, 0) is 12.8 Å². The number of nitrogens with zero attached hydrogens (tertiary/aromatic N) is 3. The van der Waals surface area contributed by atoms with Crippen molar-refractivity contribution in [3.63, 3.8) is 0 Å². The van der Waals surface area contributed by atoms with Gasteiger partial charge in [-0.2, -0.15) is 13.2 Å². The van der Waals surface area contributed by atoms with Crippen LogP contribution in [0, 0.1) is 5.41 Å². The highest BCUT2D eigenvalue weighted by atomic mass is 32.2. The number of rotatable bonds is 4. The van der Waals surface area contributed by atoms with Crippen molar-refractivity contribution in [3.8, 4) is 0 Å². The number of aromatic nitrogens is 2. The van der Waals surface area contributed by atoms with Crippen LogP contribution in [0.25, 0.3) is 0 Å². The quantitative estimate of drug-likeness (QED) is 0.807. The standard InChI is InChI=1S/C12H16F3N3O4S/c13-12(14,15)11(2-1-3-11)8-23(19,20)10-17-16-9(22-10)18-4-6-21-7-5-18/h1-8H2. The predicted molar refractivity (Wildman–Crippen MR) is 71.7 cm³/mol. The summed E-state index contributed by atoms with van der Waals surface area (Å²) in [6.07, 6.45) is -4.59. The summed E-state index contributed by atoms with van der Waals surface area (Å²) in [5, 5.41) is 6.31. The minimum Gasteiger partial charge on any atom is -0.394 e. The van der Waals surface area contributed by atoms with Crippen molar-refractivity contribution in [2.75, 3.05) is 37.0 Å². The molecular formula is C12H16F3N3O4S. The molecule has 1 saturated carbocycles. The maximum atomic E-state index is 13.1. The highest BCUT2D eigenvalue weighted by Crippen LogP contribution is 2.54. The Morgan fingerprint density at radius 1 is 1.17 bits per heavy atom. The second kappa shape index (κ2) is 5.62. The summed E-state index contributed by atoms with van der Waals surface area (Å²) in [5.41, 5.74) is -2.20. The van der Waals surface area contributed by atoms with Gasteiger partial charge in [-0.3, -0.25) is 0 Å². The summed E-state index contributed by atoms with van der Waals surface area (Å²) in [4.78, 5) is 1.64. The Morgan fingerprint density at radius 3 is 2.35 bits per heavy atom. The Kier molecular flexibility index (Phi) is 4.03. The van der Waals surface area contributed by atoms with Crippen molar-refractivity contribution in [2.24, 2.45) is 5.41 Å². The molecule has 0 bridgehead atoms. The largest absolute Gasteiger partial charge is 0.395 e. The van der Waals surface area contributed by atoms with Gasteiger partial charge in [0.2, 0.25) is 9.84 Å². The van der Waals surface area contributed by atoms with E-state index in [0.29, 0.717) is 32.7 Å². The Morgan fingerprint density at radius 2 is 1.83 bits per heavy atom. The van der Waals surface area contributed by atoms with Gasteiger partial charge in [-0.15, -0.1) is 0 Å². The minimum atomic E-state index is -4.56. The first-order valence-corrected chi connectivity index (χ1v) is 8.84. The van der Waals surface area contributed by atoms with Gasteiger partial charge in [0, 0.05) is 13.1 Å². The van der Waals surface area contributed by atoms with Gasteiger partial charge in [-0.25, -0.2) is 8.42 Å². The van der Waals surface area contributed by atoms with Gasteiger partial charge in [0.05, 0.1) is 24.4 Å². The lowest BCUT2D eigenvalue weighted by Crippen LogP contribution is -2.48. The van der Waals surface area contributed by atoms with Crippen molar-refractivity contribution in [1.29, 1.82) is 0 Å². The Balaban J connectivity index is 1.79. The van der Waals surface area contributed by atoms with Gasteiger partial charge in [0.1, 0.15) is 0 Å². The van der Waals surface area contributed by atoms with Crippen LogP contribution >= 0.6 is 0 Å². The topological polar surface area (TPSA) is 85.5 Å². The SMILES string of the molecule is O=S(=O)(CC1(C(F)(F)F)CCC1)c1nnc(N2CCOCC2)o1. The van der Waals surface area contributed by atoms with Crippen LogP contribution in [0.15, 0.2) is 9.64 Å². The van der Waals surface area contributed by atoms with Crippen LogP contribution < -0.4 is 4.90 Å². The molecule has 3 rings (SSSR count). The maximum Gasteiger partial charge on any atom is 0.395 e. The lowest BCUT2D eigenvalue weighted by molar-refractivity contribution is -0.241. The van der Waals surface area contributed by atoms with E-state index in [9.17, 15) is 21.6 Å². The second-order valence-corrected chi connectivity index (χ2v) is 7.71. The Labute approximate surface area is 130 Å². The molecule has 2 fully saturated rings. The second-order valence-electron chi connectivity index (χ2n) is 5.84. The van der Waals surface area contributed by atoms with Crippen LogP contribution in [0.1, 0.15) is 19.3 Å². The van der Waals surface area contributed by atoms with E-state index in [-0.39, 0.29) is 18.9 Å². The summed E-state index contributed by atoms with van der Waals surface area (Å²) in [7, 11) is -4.30. The number of hydrogen-bond acceptors (Lipinski definition) is 7. The van der Waals surface area contributed by atoms with E-state index in [1.165, 1.54) is 0 Å². The molecule has 0 unspecified atom stereocenters. The molecule has 0 atom stereocenters. The van der Waals surface area contributed by atoms with E-state index >= 15 is 0 Å². The van der Waals surface area contributed by atoms with Gasteiger partial charge < -0.3 is 14.1 Å². The average molecular weight is 355 g/mol. The molecule has 130 valence electrons. The minimum absolute atomic E-state index is 0.0125. The fraction of sp³-hybridized carbons (Fsp3) is 0.833. The monoisotopic (exact) mass is 355 g/mol. The van der Waals surface area contributed by atoms with E-state index in [2.05, 4.69) is 10.2 Å². The summed E-state index contributed by atoms with van der Waals surface area (Å²) in [6.45, 7) is 1.77. The zero-order valence-electron chi connectivity index (χ0n) is 12.2. The molecule has 0 amide bonds. The molecule has 1 aromatic rings. The highest BCUT2D eigenvalue weighted by molar-refractivity contribution is 7.91. The molecule has 23 heavy (non-hydrogen) atoms. The van der Waals surface area contributed by atoms with Gasteiger partial charge >= 0.3 is 17.4 Å². The van der Waals surface area contributed by atoms with Crippen LogP contribution in [-0.4, -0.2) is 56.8 Å². The first-order valence-electron chi connectivity index (χ1n) is 7.19. The molecule has 0 radical (unpaired) electrons. The molecule has 1 aliphatic heterocycles. The van der Waals surface area contributed by atoms with E-state index in [1.807, 2.05) is 0 Å². The van der Waals surface area contributed by atoms with Crippen molar-refractivity contribution in [2.45, 2.75) is 30.7 Å². The van der Waals surface area contributed by atoms with Crippen molar-refractivity contribution in [1.82, 2.24) is 10.2 Å². The Hall–Kier alpha value is -1.36. The van der Waals surface area contributed by atoms with E-state index in [1.54, 1.807) is 4.90 Å². The normalized spacial score (nSPS) is 22.0. The third-order valence-electron chi connectivity index (χ3n) is 4.32. The molecule has 1 aliphatic carbocycles. The number of sulfone groups is 1. The van der Waals surface area contributed by atoms with Crippen molar-refractivity contribution >= 4 is 15.9 Å². The van der Waals surface area contributed by atoms with Crippen LogP contribution in [0.2, 0.25) is 0 Å².